The van der Waals surface area contributed by atoms with Crippen molar-refractivity contribution in [3.05, 3.63) is 66.1 Å². The number of benzene rings is 1. The van der Waals surface area contributed by atoms with Crippen LogP contribution in [0.15, 0.2) is 54.9 Å². The van der Waals surface area contributed by atoms with E-state index in [1.807, 2.05) is 52.7 Å². The van der Waals surface area contributed by atoms with Gasteiger partial charge in [-0.05, 0) is 24.6 Å². The molecule has 2 aromatic heterocycles. The Labute approximate surface area is 229 Å². The van der Waals surface area contributed by atoms with Gasteiger partial charge in [0.05, 0.1) is 42.3 Å². The van der Waals surface area contributed by atoms with Crippen LogP contribution in [0, 0.1) is 6.92 Å². The summed E-state index contributed by atoms with van der Waals surface area (Å²) in [6, 6.07) is 13.9. The van der Waals surface area contributed by atoms with Gasteiger partial charge >= 0.3 is 6.61 Å². The molecule has 2 N–H and O–H groups in total. The lowest BCUT2D eigenvalue weighted by atomic mass is 9.99. The van der Waals surface area contributed by atoms with Gasteiger partial charge in [0.2, 0.25) is 11.8 Å². The molecule has 0 amide bonds. The Morgan fingerprint density at radius 2 is 1.80 bits per heavy atom. The summed E-state index contributed by atoms with van der Waals surface area (Å²) in [6.07, 6.45) is 4.51. The minimum atomic E-state index is -3.01. The normalized spacial score (nSPS) is 12.7. The summed E-state index contributed by atoms with van der Waals surface area (Å²) in [5.74, 6) is 1.20. The summed E-state index contributed by atoms with van der Waals surface area (Å²) in [4.78, 5) is 5.08. The highest BCUT2D eigenvalue weighted by Gasteiger charge is 2.32. The highest BCUT2D eigenvalue weighted by atomic mass is 19.3. The number of hydrogen-bond acceptors (Lipinski definition) is 7. The second-order valence-electron chi connectivity index (χ2n) is 9.23. The third-order valence-corrected chi connectivity index (χ3v) is 6.40. The zero-order valence-electron chi connectivity index (χ0n) is 22.2. The zero-order valence-corrected chi connectivity index (χ0v) is 22.2. The van der Waals surface area contributed by atoms with Crippen LogP contribution in [-0.2, 0) is 20.1 Å². The average Bonchev–Trinajstić information content (AvgIpc) is 3.60. The number of hydrogen-bond donors (Lipinski definition) is 2. The average molecular weight is 553 g/mol. The summed E-state index contributed by atoms with van der Waals surface area (Å²) in [7, 11) is 1.67. The van der Waals surface area contributed by atoms with Crippen molar-refractivity contribution in [2.45, 2.75) is 33.0 Å². The van der Waals surface area contributed by atoms with Crippen molar-refractivity contribution in [1.82, 2.24) is 29.1 Å². The van der Waals surface area contributed by atoms with Gasteiger partial charge in [-0.25, -0.2) is 9.67 Å². The Morgan fingerprint density at radius 1 is 1.02 bits per heavy atom. The van der Waals surface area contributed by atoms with E-state index in [2.05, 4.69) is 22.3 Å². The molecule has 0 aliphatic carbocycles. The Morgan fingerprint density at radius 3 is 2.52 bits per heavy atom. The van der Waals surface area contributed by atoms with Crippen LogP contribution < -0.4 is 9.47 Å². The minimum Gasteiger partial charge on any atom is -0.477 e. The van der Waals surface area contributed by atoms with Crippen LogP contribution in [0.25, 0.3) is 33.8 Å². The molecule has 12 heteroatoms. The number of rotatable bonds is 7. The molecule has 3 aromatic rings. The number of halogens is 2. The molecule has 0 saturated carbocycles. The molecule has 0 fully saturated rings. The van der Waals surface area contributed by atoms with E-state index in [4.69, 9.17) is 24.7 Å². The second kappa shape index (κ2) is 11.8. The molecule has 210 valence electrons. The summed E-state index contributed by atoms with van der Waals surface area (Å²) < 4.78 is 42.8. The second-order valence-corrected chi connectivity index (χ2v) is 9.23. The fourth-order valence-corrected chi connectivity index (χ4v) is 4.84. The lowest BCUT2D eigenvalue weighted by molar-refractivity contribution is -0.0527. The molecule has 40 heavy (non-hydrogen) atoms. The molecule has 0 atom stereocenters. The SMILES string of the molecule is Cc1nn2c(c1-c1nc3n(Cc4ccccc4)cccc-3c1-c1cn(C)nc1OC(F)F)OCCC2.OCCO. The first-order chi connectivity index (χ1) is 19.4. The van der Waals surface area contributed by atoms with Crippen LogP contribution in [0.3, 0.4) is 0 Å². The Kier molecular flexibility index (Phi) is 8.08. The third kappa shape index (κ3) is 5.40. The topological polar surface area (TPSA) is 112 Å². The Bertz CT molecular complexity index is 1540. The van der Waals surface area contributed by atoms with Gasteiger partial charge in [-0.15, -0.1) is 5.10 Å². The van der Waals surface area contributed by atoms with Crippen LogP contribution in [0.4, 0.5) is 8.78 Å². The van der Waals surface area contributed by atoms with Crippen LogP contribution >= 0.6 is 0 Å². The van der Waals surface area contributed by atoms with Crippen molar-refractivity contribution in [3.8, 4) is 45.5 Å². The number of aliphatic hydroxyl groups is 2. The van der Waals surface area contributed by atoms with Crippen LogP contribution in [0.5, 0.6) is 11.8 Å². The van der Waals surface area contributed by atoms with E-state index >= 15 is 0 Å². The van der Waals surface area contributed by atoms with Crippen molar-refractivity contribution >= 4 is 0 Å². The number of ether oxygens (including phenoxy) is 2. The number of pyridine rings is 1. The van der Waals surface area contributed by atoms with Gasteiger partial charge in [-0.2, -0.15) is 13.9 Å². The molecule has 6 rings (SSSR count). The van der Waals surface area contributed by atoms with E-state index in [0.717, 1.165) is 35.3 Å². The van der Waals surface area contributed by atoms with Gasteiger partial charge in [-0.1, -0.05) is 30.3 Å². The van der Waals surface area contributed by atoms with Crippen LogP contribution in [-0.4, -0.2) is 65.8 Å². The number of aromatic nitrogens is 6. The summed E-state index contributed by atoms with van der Waals surface area (Å²) in [6.45, 7) is 0.572. The van der Waals surface area contributed by atoms with Gasteiger partial charge in [-0.3, -0.25) is 4.68 Å². The van der Waals surface area contributed by atoms with Crippen molar-refractivity contribution in [3.63, 3.8) is 0 Å². The molecule has 0 spiro atoms. The molecule has 1 aromatic carbocycles. The zero-order chi connectivity index (χ0) is 28.2. The quantitative estimate of drug-likeness (QED) is 0.314. The number of aryl methyl sites for hydroxylation is 3. The molecule has 10 nitrogen and oxygen atoms in total. The molecule has 0 unspecified atom stereocenters. The van der Waals surface area contributed by atoms with Gasteiger partial charge in [0.15, 0.2) is 0 Å². The van der Waals surface area contributed by atoms with Crippen molar-refractivity contribution in [1.29, 1.82) is 0 Å². The van der Waals surface area contributed by atoms with Crippen LogP contribution in [0.1, 0.15) is 17.7 Å². The van der Waals surface area contributed by atoms with E-state index in [1.54, 1.807) is 13.2 Å². The number of alkyl halides is 2. The number of fused-ring (bicyclic) bond motifs is 2. The maximum Gasteiger partial charge on any atom is 0.388 e. The predicted octanol–water partition coefficient (Wildman–Crippen LogP) is 3.96. The first kappa shape index (κ1) is 27.3. The van der Waals surface area contributed by atoms with Gasteiger partial charge in [0.1, 0.15) is 5.82 Å². The first-order valence-corrected chi connectivity index (χ1v) is 12.8. The number of aliphatic hydroxyl groups excluding tert-OH is 2. The Hall–Kier alpha value is -4.29. The standard InChI is InChI=1S/C26H24F2N6O2.C2H6O2/c1-16-20(25-34(30-16)12-7-13-35-25)22-21(19-15-32(2)31-24(19)36-26(27)28)18-10-6-11-33(23(18)29-22)14-17-8-4-3-5-9-17;3-1-2-4/h3-6,8-11,15,26H,7,12-14H2,1-2H3;3-4H,1-2H2. The van der Waals surface area contributed by atoms with Crippen molar-refractivity contribution < 1.29 is 28.5 Å². The van der Waals surface area contributed by atoms with E-state index in [0.29, 0.717) is 41.7 Å². The van der Waals surface area contributed by atoms with Crippen molar-refractivity contribution in [2.24, 2.45) is 7.05 Å². The first-order valence-electron chi connectivity index (χ1n) is 12.8. The maximum atomic E-state index is 13.3. The summed E-state index contributed by atoms with van der Waals surface area (Å²) in [5, 5.41) is 24.1. The summed E-state index contributed by atoms with van der Waals surface area (Å²) in [5.41, 5.74) is 5.11. The van der Waals surface area contributed by atoms with E-state index in [-0.39, 0.29) is 19.1 Å². The van der Waals surface area contributed by atoms with Gasteiger partial charge in [0.25, 0.3) is 0 Å². The maximum absolute atomic E-state index is 13.3. The lowest BCUT2D eigenvalue weighted by Gasteiger charge is -2.16. The fraction of sp³-hybridized carbons (Fsp3) is 0.321. The van der Waals surface area contributed by atoms with Crippen LogP contribution in [0.2, 0.25) is 0 Å². The Balaban J connectivity index is 0.000000758. The molecule has 0 saturated heterocycles. The molecule has 3 aliphatic rings. The number of nitrogens with zero attached hydrogens (tertiary/aromatic N) is 6. The smallest absolute Gasteiger partial charge is 0.388 e. The largest absolute Gasteiger partial charge is 0.477 e. The van der Waals surface area contributed by atoms with Crippen molar-refractivity contribution in [2.75, 3.05) is 19.8 Å². The van der Waals surface area contributed by atoms with E-state index in [9.17, 15) is 8.78 Å². The minimum absolute atomic E-state index is 0.125. The van der Waals surface area contributed by atoms with E-state index < -0.39 is 6.61 Å². The molecular weight excluding hydrogens is 522 g/mol. The highest BCUT2D eigenvalue weighted by molar-refractivity contribution is 5.97. The molecular formula is C28H30F2N6O4. The summed E-state index contributed by atoms with van der Waals surface area (Å²) >= 11 is 0. The third-order valence-electron chi connectivity index (χ3n) is 6.40. The molecule has 0 radical (unpaired) electrons. The fourth-order valence-electron chi connectivity index (χ4n) is 4.84. The predicted molar refractivity (Wildman–Crippen MR) is 143 cm³/mol. The molecule has 5 heterocycles. The van der Waals surface area contributed by atoms with Gasteiger partial charge < -0.3 is 24.3 Å². The highest BCUT2D eigenvalue weighted by Crippen LogP contribution is 2.48. The molecule has 0 bridgehead atoms. The monoisotopic (exact) mass is 552 g/mol. The lowest BCUT2D eigenvalue weighted by Crippen LogP contribution is -2.15. The van der Waals surface area contributed by atoms with Gasteiger partial charge in [0, 0.05) is 50.1 Å². The van der Waals surface area contributed by atoms with E-state index in [1.165, 1.54) is 4.68 Å². The molecule has 3 aliphatic heterocycles.